The van der Waals surface area contributed by atoms with Crippen molar-refractivity contribution in [3.63, 3.8) is 0 Å². The van der Waals surface area contributed by atoms with Crippen LogP contribution in [-0.2, 0) is 9.47 Å². The van der Waals surface area contributed by atoms with Gasteiger partial charge in [-0.1, -0.05) is 12.2 Å². The second-order valence-electron chi connectivity index (χ2n) is 7.18. The molecule has 1 aromatic heterocycles. The van der Waals surface area contributed by atoms with Crippen molar-refractivity contribution >= 4 is 6.09 Å². The first-order chi connectivity index (χ1) is 10.8. The average molecular weight is 321 g/mol. The highest BCUT2D eigenvalue weighted by molar-refractivity contribution is 5.68. The third-order valence-electron chi connectivity index (χ3n) is 3.73. The summed E-state index contributed by atoms with van der Waals surface area (Å²) in [5.74, 6) is 0.215. The van der Waals surface area contributed by atoms with Gasteiger partial charge >= 0.3 is 6.09 Å². The van der Waals surface area contributed by atoms with Crippen molar-refractivity contribution < 1.29 is 18.7 Å². The molecule has 128 valence electrons. The summed E-state index contributed by atoms with van der Waals surface area (Å²) in [5.41, 5.74) is 1.58. The zero-order valence-corrected chi connectivity index (χ0v) is 14.5. The first-order valence-corrected chi connectivity index (χ1v) is 8.02. The van der Waals surface area contributed by atoms with Gasteiger partial charge in [0.1, 0.15) is 5.60 Å². The summed E-state index contributed by atoms with van der Waals surface area (Å²) in [7, 11) is 0. The molecule has 2 unspecified atom stereocenters. The molecule has 2 heterocycles. The van der Waals surface area contributed by atoms with Crippen LogP contribution >= 0.6 is 0 Å². The highest BCUT2D eigenvalue weighted by Gasteiger charge is 2.35. The molecule has 1 aliphatic rings. The molecule has 0 aromatic carbocycles. The largest absolute Gasteiger partial charge is 0.472 e. The van der Waals surface area contributed by atoms with Gasteiger partial charge in [-0.05, 0) is 45.7 Å². The summed E-state index contributed by atoms with van der Waals surface area (Å²) in [6.07, 6.45) is 3.87. The molecule has 2 rings (SSSR count). The lowest BCUT2D eigenvalue weighted by molar-refractivity contribution is -0.0238. The number of rotatable bonds is 4. The van der Waals surface area contributed by atoms with E-state index in [4.69, 9.17) is 13.9 Å². The molecule has 0 N–H and O–H groups in total. The van der Waals surface area contributed by atoms with E-state index < -0.39 is 5.60 Å². The maximum atomic E-state index is 12.3. The lowest BCUT2D eigenvalue weighted by atomic mass is 9.88. The number of furan rings is 1. The van der Waals surface area contributed by atoms with Crippen LogP contribution in [0.4, 0.5) is 4.79 Å². The molecule has 1 aromatic rings. The van der Waals surface area contributed by atoms with E-state index in [0.29, 0.717) is 19.7 Å². The molecule has 5 heteroatoms. The second-order valence-corrected chi connectivity index (χ2v) is 7.18. The number of piperidine rings is 1. The Labute approximate surface area is 138 Å². The van der Waals surface area contributed by atoms with Crippen LogP contribution in [0.15, 0.2) is 35.2 Å². The van der Waals surface area contributed by atoms with Gasteiger partial charge in [0.2, 0.25) is 0 Å². The van der Waals surface area contributed by atoms with Crippen molar-refractivity contribution in [3.05, 3.63) is 36.3 Å². The zero-order valence-electron chi connectivity index (χ0n) is 14.5. The average Bonchev–Trinajstić information content (AvgIpc) is 2.96. The number of hydrogen-bond acceptors (Lipinski definition) is 4. The Morgan fingerprint density at radius 1 is 1.48 bits per heavy atom. The molecular formula is C18H27NO4. The maximum absolute atomic E-state index is 12.3. The number of nitrogens with zero attached hydrogens (tertiary/aromatic N) is 1. The summed E-state index contributed by atoms with van der Waals surface area (Å²) in [6.45, 7) is 13.1. The summed E-state index contributed by atoms with van der Waals surface area (Å²) in [6, 6.07) is 1.96. The van der Waals surface area contributed by atoms with Crippen molar-refractivity contribution in [2.45, 2.75) is 51.7 Å². The Kier molecular flexibility index (Phi) is 5.52. The van der Waals surface area contributed by atoms with Crippen molar-refractivity contribution in [1.29, 1.82) is 0 Å². The first-order valence-electron chi connectivity index (χ1n) is 8.02. The van der Waals surface area contributed by atoms with Crippen LogP contribution < -0.4 is 0 Å². The van der Waals surface area contributed by atoms with Crippen LogP contribution in [0.25, 0.3) is 0 Å². The molecule has 1 fully saturated rings. The van der Waals surface area contributed by atoms with E-state index in [2.05, 4.69) is 6.58 Å². The molecule has 23 heavy (non-hydrogen) atoms. The fraction of sp³-hybridized carbons (Fsp3) is 0.611. The van der Waals surface area contributed by atoms with Gasteiger partial charge in [0.25, 0.3) is 0 Å². The highest BCUT2D eigenvalue weighted by Crippen LogP contribution is 2.31. The lowest BCUT2D eigenvalue weighted by Crippen LogP contribution is -2.48. The minimum atomic E-state index is -0.494. The monoisotopic (exact) mass is 321 g/mol. The molecule has 0 bridgehead atoms. The van der Waals surface area contributed by atoms with E-state index >= 15 is 0 Å². The third kappa shape index (κ3) is 5.13. The van der Waals surface area contributed by atoms with Crippen LogP contribution in [-0.4, -0.2) is 42.4 Å². The summed E-state index contributed by atoms with van der Waals surface area (Å²) >= 11 is 0. The molecule has 5 nitrogen and oxygen atoms in total. The molecule has 1 aliphatic heterocycles. The predicted octanol–water partition coefficient (Wildman–Crippen LogP) is 3.97. The van der Waals surface area contributed by atoms with E-state index in [-0.39, 0.29) is 18.1 Å². The van der Waals surface area contributed by atoms with Gasteiger partial charge in [0, 0.05) is 12.5 Å². The SMILES string of the molecule is C=C(C)COC1CN(C(=O)OC(C)(C)C)CCC1c1ccoc1. The topological polar surface area (TPSA) is 51.9 Å². The Balaban J connectivity index is 2.06. The summed E-state index contributed by atoms with van der Waals surface area (Å²) in [5, 5.41) is 0. The standard InChI is InChI=1S/C18H27NO4/c1-13(2)11-22-16-10-19(17(20)23-18(3,4)5)8-6-15(16)14-7-9-21-12-14/h7,9,12,15-16H,1,6,8,10-11H2,2-5H3. The number of amides is 1. The molecule has 2 atom stereocenters. The number of hydrogen-bond donors (Lipinski definition) is 0. The molecule has 1 amide bonds. The Morgan fingerprint density at radius 2 is 2.22 bits per heavy atom. The molecule has 0 aliphatic carbocycles. The Hall–Kier alpha value is -1.75. The van der Waals surface area contributed by atoms with Crippen molar-refractivity contribution in [3.8, 4) is 0 Å². The zero-order chi connectivity index (χ0) is 17.0. The van der Waals surface area contributed by atoms with Gasteiger partial charge in [-0.2, -0.15) is 0 Å². The number of likely N-dealkylation sites (tertiary alicyclic amines) is 1. The second kappa shape index (κ2) is 7.21. The fourth-order valence-electron chi connectivity index (χ4n) is 2.69. The lowest BCUT2D eigenvalue weighted by Gasteiger charge is -2.38. The number of ether oxygens (including phenoxy) is 2. The minimum absolute atomic E-state index is 0.0921. The molecule has 1 saturated heterocycles. The molecule has 0 radical (unpaired) electrons. The van der Waals surface area contributed by atoms with E-state index in [1.54, 1.807) is 17.4 Å². The molecular weight excluding hydrogens is 294 g/mol. The van der Waals surface area contributed by atoms with Crippen molar-refractivity contribution in [2.75, 3.05) is 19.7 Å². The van der Waals surface area contributed by atoms with E-state index in [9.17, 15) is 4.79 Å². The first kappa shape index (κ1) is 17.6. The Morgan fingerprint density at radius 3 is 2.78 bits per heavy atom. The minimum Gasteiger partial charge on any atom is -0.472 e. The molecule has 0 spiro atoms. The summed E-state index contributed by atoms with van der Waals surface area (Å²) in [4.78, 5) is 14.0. The van der Waals surface area contributed by atoms with E-state index in [1.165, 1.54) is 0 Å². The summed E-state index contributed by atoms with van der Waals surface area (Å²) < 4.78 is 16.7. The fourth-order valence-corrected chi connectivity index (χ4v) is 2.69. The Bertz CT molecular complexity index is 530. The maximum Gasteiger partial charge on any atom is 0.410 e. The quantitative estimate of drug-likeness (QED) is 0.788. The van der Waals surface area contributed by atoms with Gasteiger partial charge in [-0.15, -0.1) is 0 Å². The van der Waals surface area contributed by atoms with Crippen LogP contribution in [0.1, 0.15) is 45.6 Å². The third-order valence-corrected chi connectivity index (χ3v) is 3.73. The highest BCUT2D eigenvalue weighted by atomic mass is 16.6. The normalized spacial score (nSPS) is 22.0. The molecule has 0 saturated carbocycles. The van der Waals surface area contributed by atoms with Crippen LogP contribution in [0.5, 0.6) is 0 Å². The van der Waals surface area contributed by atoms with Gasteiger partial charge in [0.05, 0.1) is 31.8 Å². The van der Waals surface area contributed by atoms with Gasteiger partial charge in [-0.3, -0.25) is 0 Å². The van der Waals surface area contributed by atoms with Gasteiger partial charge in [-0.25, -0.2) is 4.79 Å². The van der Waals surface area contributed by atoms with Gasteiger partial charge in [0.15, 0.2) is 0 Å². The van der Waals surface area contributed by atoms with Crippen LogP contribution in [0.3, 0.4) is 0 Å². The van der Waals surface area contributed by atoms with Crippen LogP contribution in [0.2, 0.25) is 0 Å². The van der Waals surface area contributed by atoms with E-state index in [1.807, 2.05) is 33.8 Å². The number of carbonyl (C=O) groups excluding carboxylic acids is 1. The van der Waals surface area contributed by atoms with Gasteiger partial charge < -0.3 is 18.8 Å². The smallest absolute Gasteiger partial charge is 0.410 e. The van der Waals surface area contributed by atoms with E-state index in [0.717, 1.165) is 17.6 Å². The van der Waals surface area contributed by atoms with Crippen molar-refractivity contribution in [2.24, 2.45) is 0 Å². The predicted molar refractivity (Wildman–Crippen MR) is 88.4 cm³/mol. The van der Waals surface area contributed by atoms with Crippen LogP contribution in [0, 0.1) is 0 Å². The van der Waals surface area contributed by atoms with Crippen molar-refractivity contribution in [1.82, 2.24) is 4.90 Å². The number of carbonyl (C=O) groups is 1.